The Morgan fingerprint density at radius 1 is 1.12 bits per heavy atom. The Morgan fingerprint density at radius 3 is 2.70 bits per heavy atom. The number of nitrogens with one attached hydrogen (secondary N) is 1. The van der Waals surface area contributed by atoms with Gasteiger partial charge in [0.25, 0.3) is 5.91 Å². The SMILES string of the molecule is CCOc1ccc(N=C2NC(=O)/C(=C\c3cc(C)n(-c4ccc5c(c4)OCO5)c3C)S2)cc1. The number of amidine groups is 1. The van der Waals surface area contributed by atoms with E-state index in [1.165, 1.54) is 11.8 Å². The zero-order chi connectivity index (χ0) is 22.9. The Labute approximate surface area is 196 Å². The Kier molecular flexibility index (Phi) is 5.60. The molecule has 1 fully saturated rings. The summed E-state index contributed by atoms with van der Waals surface area (Å²) in [4.78, 5) is 17.7. The van der Waals surface area contributed by atoms with E-state index in [9.17, 15) is 4.79 Å². The van der Waals surface area contributed by atoms with Crippen molar-refractivity contribution in [1.29, 1.82) is 0 Å². The molecule has 1 N–H and O–H groups in total. The standard InChI is InChI=1S/C25H23N3O4S/c1-4-30-20-8-5-18(6-9-20)26-25-27-24(29)23(33-25)12-17-11-15(2)28(16(17)3)19-7-10-21-22(13-19)32-14-31-21/h5-13H,4,14H2,1-3H3,(H,26,27,29)/b23-12+. The third kappa shape index (κ3) is 4.21. The molecule has 3 aromatic rings. The number of amides is 1. The summed E-state index contributed by atoms with van der Waals surface area (Å²) in [5, 5.41) is 3.41. The summed E-state index contributed by atoms with van der Waals surface area (Å²) in [7, 11) is 0. The maximum Gasteiger partial charge on any atom is 0.264 e. The van der Waals surface area contributed by atoms with Crippen molar-refractivity contribution < 1.29 is 19.0 Å². The molecular formula is C25H23N3O4S. The number of fused-ring (bicyclic) bond motifs is 1. The van der Waals surface area contributed by atoms with Crippen LogP contribution in [0.1, 0.15) is 23.9 Å². The van der Waals surface area contributed by atoms with Crippen LogP contribution in [0.4, 0.5) is 5.69 Å². The van der Waals surface area contributed by atoms with Crippen molar-refractivity contribution in [3.8, 4) is 22.9 Å². The topological polar surface area (TPSA) is 74.1 Å². The van der Waals surface area contributed by atoms with Crippen molar-refractivity contribution in [1.82, 2.24) is 9.88 Å². The molecule has 5 rings (SSSR count). The molecule has 0 aliphatic carbocycles. The van der Waals surface area contributed by atoms with Crippen LogP contribution in [0.3, 0.4) is 0 Å². The number of hydrogen-bond donors (Lipinski definition) is 1. The first-order chi connectivity index (χ1) is 16.0. The van der Waals surface area contributed by atoms with E-state index in [4.69, 9.17) is 14.2 Å². The minimum absolute atomic E-state index is 0.155. The van der Waals surface area contributed by atoms with Crippen LogP contribution in [-0.4, -0.2) is 29.0 Å². The third-order valence-corrected chi connectivity index (χ3v) is 6.31. The number of aromatic nitrogens is 1. The van der Waals surface area contributed by atoms with Gasteiger partial charge >= 0.3 is 0 Å². The van der Waals surface area contributed by atoms with E-state index in [1.807, 2.05) is 69.3 Å². The first-order valence-electron chi connectivity index (χ1n) is 10.6. The van der Waals surface area contributed by atoms with Crippen molar-refractivity contribution in [3.63, 3.8) is 0 Å². The van der Waals surface area contributed by atoms with E-state index in [0.717, 1.165) is 45.6 Å². The first kappa shape index (κ1) is 21.2. The lowest BCUT2D eigenvalue weighted by molar-refractivity contribution is -0.115. The highest BCUT2D eigenvalue weighted by Gasteiger charge is 2.25. The predicted octanol–water partition coefficient (Wildman–Crippen LogP) is 5.11. The molecular weight excluding hydrogens is 438 g/mol. The van der Waals surface area contributed by atoms with Gasteiger partial charge in [0, 0.05) is 23.1 Å². The van der Waals surface area contributed by atoms with Crippen molar-refractivity contribution >= 4 is 34.6 Å². The minimum atomic E-state index is -0.155. The number of rotatable bonds is 5. The van der Waals surface area contributed by atoms with Gasteiger partial charge in [0.2, 0.25) is 6.79 Å². The summed E-state index contributed by atoms with van der Waals surface area (Å²) in [5.74, 6) is 2.13. The van der Waals surface area contributed by atoms with Gasteiger partial charge in [0.15, 0.2) is 16.7 Å². The molecule has 0 unspecified atom stereocenters. The second kappa shape index (κ2) is 8.71. The monoisotopic (exact) mass is 461 g/mol. The molecule has 7 nitrogen and oxygen atoms in total. The van der Waals surface area contributed by atoms with Gasteiger partial charge in [-0.15, -0.1) is 0 Å². The van der Waals surface area contributed by atoms with Gasteiger partial charge in [-0.05, 0) is 86.6 Å². The number of carbonyl (C=O) groups excluding carboxylic acids is 1. The fourth-order valence-corrected chi connectivity index (χ4v) is 4.71. The van der Waals surface area contributed by atoms with E-state index >= 15 is 0 Å². The average molecular weight is 462 g/mol. The lowest BCUT2D eigenvalue weighted by atomic mass is 10.2. The van der Waals surface area contributed by atoms with Gasteiger partial charge in [-0.2, -0.15) is 0 Å². The summed E-state index contributed by atoms with van der Waals surface area (Å²) in [6, 6.07) is 15.4. The van der Waals surface area contributed by atoms with Crippen LogP contribution < -0.4 is 19.5 Å². The zero-order valence-electron chi connectivity index (χ0n) is 18.5. The minimum Gasteiger partial charge on any atom is -0.494 e. The molecule has 0 bridgehead atoms. The first-order valence-corrected chi connectivity index (χ1v) is 11.4. The molecule has 1 amide bonds. The van der Waals surface area contributed by atoms with Gasteiger partial charge in [-0.25, -0.2) is 4.99 Å². The molecule has 0 saturated carbocycles. The van der Waals surface area contributed by atoms with Crippen molar-refractivity contribution in [3.05, 3.63) is 70.4 Å². The van der Waals surface area contributed by atoms with E-state index in [2.05, 4.69) is 20.9 Å². The lowest BCUT2D eigenvalue weighted by Gasteiger charge is -2.10. The fraction of sp³-hybridized carbons (Fsp3) is 0.200. The van der Waals surface area contributed by atoms with Crippen LogP contribution in [0, 0.1) is 13.8 Å². The highest BCUT2D eigenvalue weighted by molar-refractivity contribution is 8.18. The molecule has 2 aromatic carbocycles. The molecule has 1 aromatic heterocycles. The number of hydrogen-bond acceptors (Lipinski definition) is 6. The average Bonchev–Trinajstić information content (AvgIpc) is 3.47. The number of ether oxygens (including phenoxy) is 3. The molecule has 0 radical (unpaired) electrons. The van der Waals surface area contributed by atoms with Crippen LogP contribution >= 0.6 is 11.8 Å². The van der Waals surface area contributed by atoms with Gasteiger partial charge in [-0.3, -0.25) is 4.79 Å². The highest BCUT2D eigenvalue weighted by atomic mass is 32.2. The number of thioether (sulfide) groups is 1. The Bertz CT molecular complexity index is 1290. The van der Waals surface area contributed by atoms with E-state index in [1.54, 1.807) is 0 Å². The highest BCUT2D eigenvalue weighted by Crippen LogP contribution is 2.36. The maximum absolute atomic E-state index is 12.6. The smallest absolute Gasteiger partial charge is 0.264 e. The third-order valence-electron chi connectivity index (χ3n) is 5.40. The van der Waals surface area contributed by atoms with Crippen molar-refractivity contribution in [2.45, 2.75) is 20.8 Å². The number of aryl methyl sites for hydroxylation is 1. The normalized spacial score (nSPS) is 17.1. The van der Waals surface area contributed by atoms with E-state index in [-0.39, 0.29) is 12.7 Å². The summed E-state index contributed by atoms with van der Waals surface area (Å²) >= 11 is 1.33. The van der Waals surface area contributed by atoms with Crippen LogP contribution in [0.15, 0.2) is 58.4 Å². The molecule has 1 saturated heterocycles. The molecule has 8 heteroatoms. The summed E-state index contributed by atoms with van der Waals surface area (Å²) in [6.45, 7) is 6.88. The Balaban J connectivity index is 1.39. The number of benzene rings is 2. The van der Waals surface area contributed by atoms with Crippen LogP contribution in [0.5, 0.6) is 17.2 Å². The summed E-state index contributed by atoms with van der Waals surface area (Å²) < 4.78 is 18.5. The molecule has 2 aliphatic rings. The number of carbonyl (C=O) groups is 1. The second-order valence-corrected chi connectivity index (χ2v) is 8.64. The molecule has 2 aliphatic heterocycles. The fourth-order valence-electron chi connectivity index (χ4n) is 3.88. The van der Waals surface area contributed by atoms with Crippen LogP contribution in [0.25, 0.3) is 11.8 Å². The molecule has 0 spiro atoms. The van der Waals surface area contributed by atoms with Gasteiger partial charge < -0.3 is 24.1 Å². The second-order valence-electron chi connectivity index (χ2n) is 7.61. The van der Waals surface area contributed by atoms with Crippen LogP contribution in [-0.2, 0) is 4.79 Å². The van der Waals surface area contributed by atoms with Crippen molar-refractivity contribution in [2.24, 2.45) is 4.99 Å². The Morgan fingerprint density at radius 2 is 1.91 bits per heavy atom. The summed E-state index contributed by atoms with van der Waals surface area (Å²) in [5.41, 5.74) is 4.81. The van der Waals surface area contributed by atoms with Gasteiger partial charge in [0.1, 0.15) is 5.75 Å². The van der Waals surface area contributed by atoms with Crippen LogP contribution in [0.2, 0.25) is 0 Å². The molecule has 168 valence electrons. The van der Waals surface area contributed by atoms with E-state index in [0.29, 0.717) is 16.7 Å². The maximum atomic E-state index is 12.6. The summed E-state index contributed by atoms with van der Waals surface area (Å²) in [6.07, 6.45) is 1.91. The quantitative estimate of drug-likeness (QED) is 0.535. The predicted molar refractivity (Wildman–Crippen MR) is 130 cm³/mol. The largest absolute Gasteiger partial charge is 0.494 e. The van der Waals surface area contributed by atoms with Crippen molar-refractivity contribution in [2.75, 3.05) is 13.4 Å². The zero-order valence-corrected chi connectivity index (χ0v) is 19.4. The van der Waals surface area contributed by atoms with Gasteiger partial charge in [0.05, 0.1) is 17.2 Å². The van der Waals surface area contributed by atoms with E-state index < -0.39 is 0 Å². The number of aliphatic imine (C=N–C) groups is 1. The number of nitrogens with zero attached hydrogens (tertiary/aromatic N) is 2. The van der Waals surface area contributed by atoms with Gasteiger partial charge in [-0.1, -0.05) is 0 Å². The Hall–Kier alpha value is -3.65. The molecule has 3 heterocycles. The lowest BCUT2D eigenvalue weighted by Crippen LogP contribution is -2.19. The molecule has 33 heavy (non-hydrogen) atoms. The molecule has 0 atom stereocenters.